The summed E-state index contributed by atoms with van der Waals surface area (Å²) in [5, 5.41) is 3.60. The van der Waals surface area contributed by atoms with Crippen LogP contribution in [-0.4, -0.2) is 98.8 Å². The Morgan fingerprint density at radius 1 is 1.12 bits per heavy atom. The summed E-state index contributed by atoms with van der Waals surface area (Å²) in [5.74, 6) is 1.09. The van der Waals surface area contributed by atoms with E-state index < -0.39 is 0 Å². The molecule has 2 unspecified atom stereocenters. The molecule has 3 aliphatic heterocycles. The standard InChI is InChI=1S/C19H37N5O.HI/c1-17-6-3-4-9-22(17)10-5-8-21-19(20-2)24-11-7-18(16-24)23-12-14-25-15-13-23;/h17-18H,3-16H2,1-2H3,(H,20,21);1H. The van der Waals surface area contributed by atoms with E-state index >= 15 is 0 Å². The van der Waals surface area contributed by atoms with Gasteiger partial charge >= 0.3 is 0 Å². The maximum absolute atomic E-state index is 5.48. The number of nitrogens with one attached hydrogen (secondary N) is 1. The minimum absolute atomic E-state index is 0. The molecule has 0 aromatic rings. The summed E-state index contributed by atoms with van der Waals surface area (Å²) in [6.45, 7) is 12.0. The SMILES string of the molecule is CN=C(NCCCN1CCCCC1C)N1CCC(N2CCOCC2)C1.I. The number of likely N-dealkylation sites (tertiary alicyclic amines) is 2. The molecule has 3 rings (SSSR count). The van der Waals surface area contributed by atoms with Crippen molar-refractivity contribution in [3.8, 4) is 0 Å². The zero-order chi connectivity index (χ0) is 17.5. The van der Waals surface area contributed by atoms with E-state index in [0.717, 1.165) is 57.9 Å². The van der Waals surface area contributed by atoms with E-state index in [1.807, 2.05) is 7.05 Å². The lowest BCUT2D eigenvalue weighted by Crippen LogP contribution is -2.47. The number of morpholine rings is 1. The van der Waals surface area contributed by atoms with Crippen molar-refractivity contribution in [3.05, 3.63) is 0 Å². The average Bonchev–Trinajstić information content (AvgIpc) is 3.14. The summed E-state index contributed by atoms with van der Waals surface area (Å²) in [6, 6.07) is 1.43. The largest absolute Gasteiger partial charge is 0.379 e. The van der Waals surface area contributed by atoms with Gasteiger partial charge < -0.3 is 19.9 Å². The van der Waals surface area contributed by atoms with Gasteiger partial charge in [0.05, 0.1) is 13.2 Å². The second-order valence-corrected chi connectivity index (χ2v) is 7.75. The third-order valence-corrected chi connectivity index (χ3v) is 6.08. The Balaban J connectivity index is 0.00000243. The van der Waals surface area contributed by atoms with E-state index in [2.05, 4.69) is 31.9 Å². The molecule has 0 aromatic carbocycles. The molecule has 152 valence electrons. The van der Waals surface area contributed by atoms with Crippen LogP contribution in [0.2, 0.25) is 0 Å². The van der Waals surface area contributed by atoms with Gasteiger partial charge in [-0.3, -0.25) is 9.89 Å². The zero-order valence-corrected chi connectivity index (χ0v) is 19.0. The van der Waals surface area contributed by atoms with Crippen LogP contribution in [0.5, 0.6) is 0 Å². The first kappa shape index (κ1) is 22.2. The first-order chi connectivity index (χ1) is 12.3. The quantitative estimate of drug-likeness (QED) is 0.282. The average molecular weight is 479 g/mol. The highest BCUT2D eigenvalue weighted by Crippen LogP contribution is 2.18. The second kappa shape index (κ2) is 11.7. The predicted octanol–water partition coefficient (Wildman–Crippen LogP) is 1.85. The van der Waals surface area contributed by atoms with Crippen LogP contribution < -0.4 is 5.32 Å². The Morgan fingerprint density at radius 2 is 1.92 bits per heavy atom. The summed E-state index contributed by atoms with van der Waals surface area (Å²) >= 11 is 0. The van der Waals surface area contributed by atoms with Crippen molar-refractivity contribution < 1.29 is 4.74 Å². The highest BCUT2D eigenvalue weighted by atomic mass is 127. The lowest BCUT2D eigenvalue weighted by atomic mass is 10.0. The molecule has 0 spiro atoms. The van der Waals surface area contributed by atoms with E-state index in [1.54, 1.807) is 0 Å². The molecular weight excluding hydrogens is 441 g/mol. The van der Waals surface area contributed by atoms with Crippen LogP contribution >= 0.6 is 24.0 Å². The van der Waals surface area contributed by atoms with Gasteiger partial charge in [-0.1, -0.05) is 6.42 Å². The molecule has 0 amide bonds. The third kappa shape index (κ3) is 6.21. The van der Waals surface area contributed by atoms with E-state index in [9.17, 15) is 0 Å². The number of guanidine groups is 1. The van der Waals surface area contributed by atoms with Gasteiger partial charge in [-0.05, 0) is 39.2 Å². The topological polar surface area (TPSA) is 43.3 Å². The molecule has 0 aliphatic carbocycles. The molecule has 3 fully saturated rings. The number of rotatable bonds is 5. The Hall–Kier alpha value is -0.120. The highest BCUT2D eigenvalue weighted by Gasteiger charge is 2.30. The van der Waals surface area contributed by atoms with Crippen LogP contribution in [0.25, 0.3) is 0 Å². The minimum atomic E-state index is 0. The third-order valence-electron chi connectivity index (χ3n) is 6.08. The van der Waals surface area contributed by atoms with Crippen molar-refractivity contribution in [1.29, 1.82) is 0 Å². The normalized spacial score (nSPS) is 28.8. The molecule has 2 atom stereocenters. The molecule has 3 saturated heterocycles. The zero-order valence-electron chi connectivity index (χ0n) is 16.7. The minimum Gasteiger partial charge on any atom is -0.379 e. The molecule has 0 bridgehead atoms. The van der Waals surface area contributed by atoms with Crippen molar-refractivity contribution in [2.75, 3.05) is 66.1 Å². The van der Waals surface area contributed by atoms with Gasteiger partial charge in [0.2, 0.25) is 0 Å². The van der Waals surface area contributed by atoms with Crippen molar-refractivity contribution in [3.63, 3.8) is 0 Å². The van der Waals surface area contributed by atoms with Crippen molar-refractivity contribution >= 4 is 29.9 Å². The Morgan fingerprint density at radius 3 is 2.65 bits per heavy atom. The van der Waals surface area contributed by atoms with Crippen LogP contribution in [0.3, 0.4) is 0 Å². The monoisotopic (exact) mass is 479 g/mol. The van der Waals surface area contributed by atoms with Gasteiger partial charge in [-0.2, -0.15) is 0 Å². The van der Waals surface area contributed by atoms with Crippen molar-refractivity contribution in [2.45, 2.75) is 51.1 Å². The van der Waals surface area contributed by atoms with Crippen LogP contribution in [0.1, 0.15) is 39.0 Å². The maximum Gasteiger partial charge on any atom is 0.193 e. The van der Waals surface area contributed by atoms with E-state index in [-0.39, 0.29) is 24.0 Å². The van der Waals surface area contributed by atoms with E-state index in [0.29, 0.717) is 6.04 Å². The fraction of sp³-hybridized carbons (Fsp3) is 0.947. The van der Waals surface area contributed by atoms with Crippen molar-refractivity contribution in [2.24, 2.45) is 4.99 Å². The number of aliphatic imine (C=N–C) groups is 1. The Bertz CT molecular complexity index is 430. The lowest BCUT2D eigenvalue weighted by Gasteiger charge is -2.33. The summed E-state index contributed by atoms with van der Waals surface area (Å²) in [6.07, 6.45) is 6.58. The van der Waals surface area contributed by atoms with Gasteiger partial charge in [0.25, 0.3) is 0 Å². The van der Waals surface area contributed by atoms with E-state index in [1.165, 1.54) is 45.2 Å². The number of ether oxygens (including phenoxy) is 1. The number of piperidine rings is 1. The molecule has 3 aliphatic rings. The van der Waals surface area contributed by atoms with Gasteiger partial charge in [0.15, 0.2) is 5.96 Å². The fourth-order valence-corrected chi connectivity index (χ4v) is 4.48. The number of nitrogens with zero attached hydrogens (tertiary/aromatic N) is 4. The molecule has 3 heterocycles. The molecule has 1 N–H and O–H groups in total. The first-order valence-electron chi connectivity index (χ1n) is 10.3. The van der Waals surface area contributed by atoms with Crippen molar-refractivity contribution in [1.82, 2.24) is 20.0 Å². The smallest absolute Gasteiger partial charge is 0.193 e. The van der Waals surface area contributed by atoms with Gasteiger partial charge in [-0.15, -0.1) is 24.0 Å². The molecule has 0 aromatic heterocycles. The van der Waals surface area contributed by atoms with Gasteiger partial charge in [-0.25, -0.2) is 0 Å². The molecule has 26 heavy (non-hydrogen) atoms. The van der Waals surface area contributed by atoms with Crippen LogP contribution in [0.4, 0.5) is 0 Å². The predicted molar refractivity (Wildman–Crippen MR) is 119 cm³/mol. The summed E-state index contributed by atoms with van der Waals surface area (Å²) < 4.78 is 5.48. The number of hydrogen-bond acceptors (Lipinski definition) is 4. The van der Waals surface area contributed by atoms with Crippen LogP contribution in [-0.2, 0) is 4.74 Å². The Kier molecular flexibility index (Phi) is 9.94. The maximum atomic E-state index is 5.48. The van der Waals surface area contributed by atoms with E-state index in [4.69, 9.17) is 4.74 Å². The molecule has 0 saturated carbocycles. The van der Waals surface area contributed by atoms with Gasteiger partial charge in [0, 0.05) is 58.4 Å². The molecular formula is C19H38IN5O. The summed E-state index contributed by atoms with van der Waals surface area (Å²) in [5.41, 5.74) is 0. The van der Waals surface area contributed by atoms with Gasteiger partial charge in [0.1, 0.15) is 0 Å². The lowest BCUT2D eigenvalue weighted by molar-refractivity contribution is 0.0195. The van der Waals surface area contributed by atoms with Crippen LogP contribution in [0, 0.1) is 0 Å². The summed E-state index contributed by atoms with van der Waals surface area (Å²) in [7, 11) is 1.91. The molecule has 7 heteroatoms. The van der Waals surface area contributed by atoms with Crippen LogP contribution in [0.15, 0.2) is 4.99 Å². The number of hydrogen-bond donors (Lipinski definition) is 1. The highest BCUT2D eigenvalue weighted by molar-refractivity contribution is 14.0. The number of halogens is 1. The molecule has 6 nitrogen and oxygen atoms in total. The fourth-order valence-electron chi connectivity index (χ4n) is 4.48. The molecule has 0 radical (unpaired) electrons. The second-order valence-electron chi connectivity index (χ2n) is 7.75. The summed E-state index contributed by atoms with van der Waals surface area (Å²) in [4.78, 5) is 12.2. The first-order valence-corrected chi connectivity index (χ1v) is 10.3. The Labute approximate surface area is 176 Å².